The third-order valence-corrected chi connectivity index (χ3v) is 2.29. The quantitative estimate of drug-likeness (QED) is 0.799. The maximum atomic E-state index is 13.0. The van der Waals surface area contributed by atoms with E-state index in [2.05, 4.69) is 10.2 Å². The molecule has 0 saturated carbocycles. The summed E-state index contributed by atoms with van der Waals surface area (Å²) in [7, 11) is 0. The summed E-state index contributed by atoms with van der Waals surface area (Å²) in [6.07, 6.45) is -0.949. The van der Waals surface area contributed by atoms with Gasteiger partial charge in [-0.15, -0.1) is 10.2 Å². The van der Waals surface area contributed by atoms with Crippen LogP contribution in [0.3, 0.4) is 0 Å². The molecule has 2 rings (SSSR count). The summed E-state index contributed by atoms with van der Waals surface area (Å²) in [6.45, 7) is 0.968. The van der Waals surface area contributed by atoms with E-state index in [0.29, 0.717) is 19.0 Å². The molecular formula is C8H9F2N3O3. The fourth-order valence-corrected chi connectivity index (χ4v) is 1.46. The first-order chi connectivity index (χ1) is 7.50. The number of aliphatic carboxylic acids is 1. The second kappa shape index (κ2) is 3.78. The van der Waals surface area contributed by atoms with Gasteiger partial charge in [-0.05, 0) is 0 Å². The van der Waals surface area contributed by atoms with E-state index in [1.165, 1.54) is 4.57 Å². The first-order valence-corrected chi connectivity index (χ1v) is 4.60. The van der Waals surface area contributed by atoms with Crippen LogP contribution in [0.2, 0.25) is 0 Å². The van der Waals surface area contributed by atoms with Crippen LogP contribution < -0.4 is 0 Å². The molecule has 0 aliphatic carbocycles. The molecule has 0 radical (unpaired) electrons. The van der Waals surface area contributed by atoms with Gasteiger partial charge >= 0.3 is 11.9 Å². The Labute approximate surface area is 88.8 Å². The second-order valence-electron chi connectivity index (χ2n) is 3.42. The number of halogens is 2. The second-order valence-corrected chi connectivity index (χ2v) is 3.42. The zero-order valence-electron chi connectivity index (χ0n) is 8.19. The summed E-state index contributed by atoms with van der Waals surface area (Å²) >= 11 is 0. The van der Waals surface area contributed by atoms with Gasteiger partial charge in [-0.3, -0.25) is 0 Å². The highest BCUT2D eigenvalue weighted by Gasteiger charge is 2.41. The van der Waals surface area contributed by atoms with Crippen LogP contribution in [0.4, 0.5) is 8.78 Å². The topological polar surface area (TPSA) is 77.2 Å². The Bertz CT molecular complexity index is 419. The number of carboxylic acids is 1. The first-order valence-electron chi connectivity index (χ1n) is 4.60. The van der Waals surface area contributed by atoms with Crippen LogP contribution in [0.5, 0.6) is 0 Å². The predicted octanol–water partition coefficient (Wildman–Crippen LogP) is 0.0707. The maximum absolute atomic E-state index is 13.0. The molecule has 0 aromatic carbocycles. The fraction of sp³-hybridized carbons (Fsp3) is 0.625. The Kier molecular flexibility index (Phi) is 2.58. The Balaban J connectivity index is 2.22. The SMILES string of the molecule is O=C(O)C(F)(F)Cc1nnc2n1CCOC2. The standard InChI is InChI=1S/C8H9F2N3O3/c9-8(10,7(14)15)3-5-11-12-6-4-16-2-1-13(5)6/h1-4H2,(H,14,15). The number of ether oxygens (including phenoxy) is 1. The predicted molar refractivity (Wildman–Crippen MR) is 46.0 cm³/mol. The van der Waals surface area contributed by atoms with Gasteiger partial charge in [0.15, 0.2) is 5.82 Å². The van der Waals surface area contributed by atoms with Crippen molar-refractivity contribution in [2.24, 2.45) is 0 Å². The molecule has 0 spiro atoms. The van der Waals surface area contributed by atoms with E-state index in [9.17, 15) is 13.6 Å². The minimum absolute atomic E-state index is 0.0225. The van der Waals surface area contributed by atoms with Gasteiger partial charge in [0.05, 0.1) is 13.0 Å². The van der Waals surface area contributed by atoms with Crippen molar-refractivity contribution in [1.29, 1.82) is 0 Å². The van der Waals surface area contributed by atoms with Crippen molar-refractivity contribution in [2.75, 3.05) is 6.61 Å². The molecule has 0 unspecified atom stereocenters. The van der Waals surface area contributed by atoms with Crippen LogP contribution >= 0.6 is 0 Å². The summed E-state index contributed by atoms with van der Waals surface area (Å²) in [5.74, 6) is -5.55. The number of aromatic nitrogens is 3. The van der Waals surface area contributed by atoms with Gasteiger partial charge in [-0.2, -0.15) is 8.78 Å². The molecule has 0 fully saturated rings. The van der Waals surface area contributed by atoms with E-state index in [-0.39, 0.29) is 12.4 Å². The lowest BCUT2D eigenvalue weighted by Gasteiger charge is -2.16. The van der Waals surface area contributed by atoms with Crippen molar-refractivity contribution in [3.8, 4) is 0 Å². The van der Waals surface area contributed by atoms with Crippen LogP contribution in [0.15, 0.2) is 0 Å². The van der Waals surface area contributed by atoms with Gasteiger partial charge in [0, 0.05) is 6.54 Å². The molecule has 8 heteroatoms. The smallest absolute Gasteiger partial charge is 0.375 e. The van der Waals surface area contributed by atoms with Crippen molar-refractivity contribution in [3.63, 3.8) is 0 Å². The van der Waals surface area contributed by atoms with Gasteiger partial charge < -0.3 is 14.4 Å². The van der Waals surface area contributed by atoms with Crippen molar-refractivity contribution in [2.45, 2.75) is 25.5 Å². The molecule has 88 valence electrons. The Morgan fingerprint density at radius 3 is 3.00 bits per heavy atom. The monoisotopic (exact) mass is 233 g/mol. The lowest BCUT2D eigenvalue weighted by atomic mass is 10.2. The molecule has 16 heavy (non-hydrogen) atoms. The summed E-state index contributed by atoms with van der Waals surface area (Å²) in [4.78, 5) is 10.3. The minimum atomic E-state index is -3.82. The normalized spacial score (nSPS) is 15.9. The van der Waals surface area contributed by atoms with Crippen molar-refractivity contribution in [1.82, 2.24) is 14.8 Å². The summed E-state index contributed by atoms with van der Waals surface area (Å²) in [6, 6.07) is 0. The highest BCUT2D eigenvalue weighted by Crippen LogP contribution is 2.21. The molecule has 0 atom stereocenters. The van der Waals surface area contributed by atoms with Crippen LogP contribution in [-0.4, -0.2) is 38.4 Å². The number of hydrogen-bond donors (Lipinski definition) is 1. The third-order valence-electron chi connectivity index (χ3n) is 2.29. The lowest BCUT2D eigenvalue weighted by Crippen LogP contribution is -2.32. The average Bonchev–Trinajstić information content (AvgIpc) is 2.61. The number of nitrogens with zero attached hydrogens (tertiary/aromatic N) is 3. The van der Waals surface area contributed by atoms with Crippen molar-refractivity contribution in [3.05, 3.63) is 11.6 Å². The van der Waals surface area contributed by atoms with E-state index >= 15 is 0 Å². The van der Waals surface area contributed by atoms with Gasteiger partial charge in [0.25, 0.3) is 0 Å². The minimum Gasteiger partial charge on any atom is -0.477 e. The first kappa shape index (κ1) is 10.9. The van der Waals surface area contributed by atoms with Crippen LogP contribution in [-0.2, 0) is 29.1 Å². The number of fused-ring (bicyclic) bond motifs is 1. The average molecular weight is 233 g/mol. The fourth-order valence-electron chi connectivity index (χ4n) is 1.46. The Morgan fingerprint density at radius 2 is 2.31 bits per heavy atom. The maximum Gasteiger partial charge on any atom is 0.375 e. The number of hydrogen-bond acceptors (Lipinski definition) is 4. The molecule has 0 amide bonds. The van der Waals surface area contributed by atoms with Gasteiger partial charge in [0.1, 0.15) is 12.4 Å². The molecule has 2 heterocycles. The molecule has 1 aliphatic heterocycles. The lowest BCUT2D eigenvalue weighted by molar-refractivity contribution is -0.164. The third kappa shape index (κ3) is 1.87. The molecule has 1 N–H and O–H groups in total. The largest absolute Gasteiger partial charge is 0.477 e. The number of alkyl halides is 2. The zero-order chi connectivity index (χ0) is 11.8. The highest BCUT2D eigenvalue weighted by molar-refractivity contribution is 5.75. The summed E-state index contributed by atoms with van der Waals surface area (Å²) in [5, 5.41) is 15.5. The molecule has 6 nitrogen and oxygen atoms in total. The molecular weight excluding hydrogens is 224 g/mol. The highest BCUT2D eigenvalue weighted by atomic mass is 19.3. The van der Waals surface area contributed by atoms with E-state index in [4.69, 9.17) is 9.84 Å². The Morgan fingerprint density at radius 1 is 1.56 bits per heavy atom. The summed E-state index contributed by atoms with van der Waals surface area (Å²) < 4.78 is 32.5. The van der Waals surface area contributed by atoms with Gasteiger partial charge in [-0.1, -0.05) is 0 Å². The number of rotatable bonds is 3. The van der Waals surface area contributed by atoms with Gasteiger partial charge in [-0.25, -0.2) is 4.79 Å². The van der Waals surface area contributed by atoms with E-state index in [0.717, 1.165) is 0 Å². The van der Waals surface area contributed by atoms with E-state index in [1.54, 1.807) is 0 Å². The molecule has 1 aliphatic rings. The summed E-state index contributed by atoms with van der Waals surface area (Å²) in [5.41, 5.74) is 0. The number of carboxylic acid groups (broad SMARTS) is 1. The van der Waals surface area contributed by atoms with E-state index in [1.807, 2.05) is 0 Å². The van der Waals surface area contributed by atoms with Crippen molar-refractivity contribution < 1.29 is 23.4 Å². The van der Waals surface area contributed by atoms with Gasteiger partial charge in [0.2, 0.25) is 0 Å². The molecule has 0 bridgehead atoms. The number of carbonyl (C=O) groups is 1. The Hall–Kier alpha value is -1.57. The van der Waals surface area contributed by atoms with Crippen LogP contribution in [0.1, 0.15) is 11.6 Å². The van der Waals surface area contributed by atoms with Crippen molar-refractivity contribution >= 4 is 5.97 Å². The molecule has 1 aromatic heterocycles. The zero-order valence-corrected chi connectivity index (χ0v) is 8.19. The molecule has 1 aromatic rings. The molecule has 0 saturated heterocycles. The van der Waals surface area contributed by atoms with Crippen LogP contribution in [0.25, 0.3) is 0 Å². The van der Waals surface area contributed by atoms with E-state index < -0.39 is 18.3 Å². The van der Waals surface area contributed by atoms with Crippen LogP contribution in [0, 0.1) is 0 Å².